The zero-order valence-corrected chi connectivity index (χ0v) is 34.4. The fourth-order valence-corrected chi connectivity index (χ4v) is 5.64. The van der Waals surface area contributed by atoms with E-state index in [1.165, 1.54) is 51.5 Å². The van der Waals surface area contributed by atoms with Gasteiger partial charge in [0, 0.05) is 19.3 Å². The molecule has 1 atom stereocenters. The topological polar surface area (TPSA) is 43.4 Å². The van der Waals surface area contributed by atoms with Crippen LogP contribution in [0.25, 0.3) is 0 Å². The predicted molar refractivity (Wildman–Crippen MR) is 220 cm³/mol. The number of allylic oxidation sites excluding steroid dienone is 15. The highest BCUT2D eigenvalue weighted by atomic mass is 16.5. The Morgan fingerprint density at radius 2 is 0.740 bits per heavy atom. The molecule has 0 rings (SSSR count). The number of hydrogen-bond donors (Lipinski definition) is 0. The van der Waals surface area contributed by atoms with Crippen molar-refractivity contribution < 1.29 is 14.3 Å². The van der Waals surface area contributed by atoms with Crippen LogP contribution in [0.1, 0.15) is 179 Å². The number of esters is 1. The molecule has 0 bridgehead atoms. The largest absolute Gasteiger partial charge is 0.462 e. The van der Waals surface area contributed by atoms with Gasteiger partial charge < -0.3 is 4.74 Å². The molecule has 0 fully saturated rings. The molecule has 0 saturated carbocycles. The molecule has 282 valence electrons. The second-order valence-corrected chi connectivity index (χ2v) is 15.1. The lowest BCUT2D eigenvalue weighted by atomic mass is 9.94. The standard InChI is InChI=1S/C47H76O3/c1-37(2)19-12-20-38(3)21-13-26-42(7)31-18-32-45(10)47(49)34-33-43(8)29-16-27-40(5)24-14-22-39(4)23-15-25-41(6)28-17-30-44(9)35-36-50-46(11)48/h19,21,23-24,28-29,31,35,45H,12-18,20,22,25-27,30,32-34,36H2,1-11H3/b38-21+,39-23+,40-24+,41-28+,42-31+,43-29+,44-35+. The average molecular weight is 689 g/mol. The highest BCUT2D eigenvalue weighted by Gasteiger charge is 2.12. The molecule has 0 aromatic rings. The summed E-state index contributed by atoms with van der Waals surface area (Å²) in [5.74, 6) is 0.308. The molecule has 0 aliphatic rings. The van der Waals surface area contributed by atoms with Crippen LogP contribution >= 0.6 is 0 Å². The lowest BCUT2D eigenvalue weighted by molar-refractivity contribution is -0.139. The first-order chi connectivity index (χ1) is 23.7. The minimum atomic E-state index is -0.232. The van der Waals surface area contributed by atoms with Crippen LogP contribution in [0.5, 0.6) is 0 Å². The van der Waals surface area contributed by atoms with Crippen LogP contribution < -0.4 is 0 Å². The normalized spacial score (nSPS) is 14.6. The summed E-state index contributed by atoms with van der Waals surface area (Å²) in [6.07, 6.45) is 35.1. The van der Waals surface area contributed by atoms with Gasteiger partial charge in [0.15, 0.2) is 0 Å². The number of Topliss-reactive ketones (excluding diaryl/α,β-unsaturated/α-hetero) is 1. The van der Waals surface area contributed by atoms with Gasteiger partial charge in [-0.3, -0.25) is 9.59 Å². The lowest BCUT2D eigenvalue weighted by Crippen LogP contribution is -2.10. The van der Waals surface area contributed by atoms with Crippen LogP contribution in [0.4, 0.5) is 0 Å². The van der Waals surface area contributed by atoms with Crippen molar-refractivity contribution in [1.29, 1.82) is 0 Å². The molecule has 0 aromatic heterocycles. The molecule has 50 heavy (non-hydrogen) atoms. The first kappa shape index (κ1) is 47.1. The van der Waals surface area contributed by atoms with Crippen LogP contribution in [-0.2, 0) is 14.3 Å². The van der Waals surface area contributed by atoms with Crippen LogP contribution in [0.15, 0.2) is 93.2 Å². The maximum absolute atomic E-state index is 12.8. The highest BCUT2D eigenvalue weighted by molar-refractivity contribution is 5.80. The van der Waals surface area contributed by atoms with E-state index in [0.717, 1.165) is 96.3 Å². The van der Waals surface area contributed by atoms with Crippen LogP contribution in [0.2, 0.25) is 0 Å². The number of ether oxygens (including phenoxy) is 1. The second-order valence-electron chi connectivity index (χ2n) is 15.1. The molecule has 0 N–H and O–H groups in total. The third-order valence-corrected chi connectivity index (χ3v) is 9.37. The van der Waals surface area contributed by atoms with Crippen molar-refractivity contribution in [2.24, 2.45) is 5.92 Å². The van der Waals surface area contributed by atoms with Crippen molar-refractivity contribution in [3.8, 4) is 0 Å². The fourth-order valence-electron chi connectivity index (χ4n) is 5.64. The van der Waals surface area contributed by atoms with Crippen molar-refractivity contribution in [2.45, 2.75) is 179 Å². The maximum atomic E-state index is 12.8. The van der Waals surface area contributed by atoms with Gasteiger partial charge in [-0.15, -0.1) is 0 Å². The van der Waals surface area contributed by atoms with Crippen molar-refractivity contribution in [2.75, 3.05) is 6.61 Å². The van der Waals surface area contributed by atoms with Crippen molar-refractivity contribution in [3.63, 3.8) is 0 Å². The summed E-state index contributed by atoms with van der Waals surface area (Å²) >= 11 is 0. The van der Waals surface area contributed by atoms with Gasteiger partial charge in [0.05, 0.1) is 0 Å². The fraction of sp³-hybridized carbons (Fsp3) is 0.617. The first-order valence-corrected chi connectivity index (χ1v) is 19.6. The quantitative estimate of drug-likeness (QED) is 0.0637. The van der Waals surface area contributed by atoms with Gasteiger partial charge in [-0.05, 0) is 165 Å². The molecule has 0 aliphatic heterocycles. The van der Waals surface area contributed by atoms with Gasteiger partial charge in [0.2, 0.25) is 0 Å². The summed E-state index contributed by atoms with van der Waals surface area (Å²) < 4.78 is 4.98. The van der Waals surface area contributed by atoms with Crippen molar-refractivity contribution >= 4 is 11.8 Å². The monoisotopic (exact) mass is 689 g/mol. The van der Waals surface area contributed by atoms with Crippen molar-refractivity contribution in [1.82, 2.24) is 0 Å². The molecule has 0 radical (unpaired) electrons. The second kappa shape index (κ2) is 29.8. The summed E-state index contributed by atoms with van der Waals surface area (Å²) in [6.45, 7) is 23.7. The van der Waals surface area contributed by atoms with Gasteiger partial charge in [-0.25, -0.2) is 0 Å². The van der Waals surface area contributed by atoms with E-state index in [1.807, 2.05) is 6.08 Å². The van der Waals surface area contributed by atoms with Gasteiger partial charge >= 0.3 is 5.97 Å². The molecule has 0 aliphatic carbocycles. The van der Waals surface area contributed by atoms with Gasteiger partial charge in [0.25, 0.3) is 0 Å². The summed E-state index contributed by atoms with van der Waals surface area (Å²) in [4.78, 5) is 23.6. The number of carbonyl (C=O) groups excluding carboxylic acids is 2. The van der Waals surface area contributed by atoms with Crippen LogP contribution in [-0.4, -0.2) is 18.4 Å². The molecule has 3 heteroatoms. The summed E-state index contributed by atoms with van der Waals surface area (Å²) in [5, 5.41) is 0. The zero-order chi connectivity index (χ0) is 37.7. The molecule has 0 spiro atoms. The molecule has 0 heterocycles. The Balaban J connectivity index is 4.26. The summed E-state index contributed by atoms with van der Waals surface area (Å²) in [6, 6.07) is 0. The number of rotatable bonds is 27. The molecular weight excluding hydrogens is 613 g/mol. The Bertz CT molecular complexity index is 1240. The van der Waals surface area contributed by atoms with E-state index in [1.54, 1.807) is 0 Å². The Hall–Kier alpha value is -2.94. The SMILES string of the molecule is CC(=O)OC/C=C(\C)CC/C=C(\C)CC/C=C(\C)CC/C=C(\C)CC/C=C(\C)CCC(=O)C(C)CC/C=C(\C)CC/C=C(\C)CCC=C(C)C. The van der Waals surface area contributed by atoms with Gasteiger partial charge in [0.1, 0.15) is 12.4 Å². The van der Waals surface area contributed by atoms with E-state index >= 15 is 0 Å². The van der Waals surface area contributed by atoms with Crippen LogP contribution in [0.3, 0.4) is 0 Å². The molecule has 0 aromatic carbocycles. The molecule has 3 nitrogen and oxygen atoms in total. The maximum Gasteiger partial charge on any atom is 0.302 e. The lowest BCUT2D eigenvalue weighted by Gasteiger charge is -2.10. The van der Waals surface area contributed by atoms with E-state index < -0.39 is 0 Å². The Kier molecular flexibility index (Phi) is 28.0. The molecular formula is C47H76O3. The Morgan fingerprint density at radius 3 is 1.10 bits per heavy atom. The Morgan fingerprint density at radius 1 is 0.420 bits per heavy atom. The Labute approximate surface area is 309 Å². The summed E-state index contributed by atoms with van der Waals surface area (Å²) in [5.41, 5.74) is 11.3. The van der Waals surface area contributed by atoms with Crippen molar-refractivity contribution in [3.05, 3.63) is 93.2 Å². The predicted octanol–water partition coefficient (Wildman–Crippen LogP) is 14.6. The number of carbonyl (C=O) groups is 2. The third kappa shape index (κ3) is 29.9. The first-order valence-electron chi connectivity index (χ1n) is 19.6. The van der Waals surface area contributed by atoms with E-state index in [2.05, 4.69) is 112 Å². The molecule has 1 unspecified atom stereocenters. The highest BCUT2D eigenvalue weighted by Crippen LogP contribution is 2.18. The van der Waals surface area contributed by atoms with Gasteiger partial charge in [-0.1, -0.05) is 94.0 Å². The average Bonchev–Trinajstić information content (AvgIpc) is 3.03. The van der Waals surface area contributed by atoms with Gasteiger partial charge in [-0.2, -0.15) is 0 Å². The smallest absolute Gasteiger partial charge is 0.302 e. The minimum absolute atomic E-state index is 0.135. The van der Waals surface area contributed by atoms with E-state index in [0.29, 0.717) is 18.8 Å². The van der Waals surface area contributed by atoms with E-state index in [9.17, 15) is 9.59 Å². The molecule has 0 amide bonds. The third-order valence-electron chi connectivity index (χ3n) is 9.37. The van der Waals surface area contributed by atoms with E-state index in [4.69, 9.17) is 4.74 Å². The summed E-state index contributed by atoms with van der Waals surface area (Å²) in [7, 11) is 0. The number of hydrogen-bond acceptors (Lipinski definition) is 3. The van der Waals surface area contributed by atoms with Crippen LogP contribution in [0, 0.1) is 5.92 Å². The number of ketones is 1. The van der Waals surface area contributed by atoms with E-state index in [-0.39, 0.29) is 11.9 Å². The minimum Gasteiger partial charge on any atom is -0.462 e. The molecule has 0 saturated heterocycles. The zero-order valence-electron chi connectivity index (χ0n) is 34.4.